The summed E-state index contributed by atoms with van der Waals surface area (Å²) < 4.78 is 6.92. The molecule has 2 aromatic carbocycles. The van der Waals surface area contributed by atoms with Crippen LogP contribution in [-0.2, 0) is 0 Å². The van der Waals surface area contributed by atoms with Crippen molar-refractivity contribution in [2.75, 3.05) is 12.4 Å². The highest BCUT2D eigenvalue weighted by molar-refractivity contribution is 5.94. The van der Waals surface area contributed by atoms with Gasteiger partial charge in [0.25, 0.3) is 0 Å². The molecule has 4 rings (SSSR count). The normalized spacial score (nSPS) is 16.0. The van der Waals surface area contributed by atoms with Gasteiger partial charge in [-0.25, -0.2) is 9.98 Å². The first-order chi connectivity index (χ1) is 12.1. The molecule has 1 aliphatic rings. The van der Waals surface area contributed by atoms with E-state index in [9.17, 15) is 10.1 Å². The number of nitro benzene ring substituents is 1. The maximum Gasteiger partial charge on any atom is 0.311 e. The molecule has 0 amide bonds. The Morgan fingerprint density at radius 2 is 2.12 bits per heavy atom. The Morgan fingerprint density at radius 1 is 1.32 bits per heavy atom. The third kappa shape index (κ3) is 2.33. The second kappa shape index (κ2) is 5.48. The molecule has 0 bridgehead atoms. The standard InChI is InChI=1S/C16H14N6O3/c1-25-13-7-6-9(8-12(13)22(23)24)14-19-15(17)20-16-18-10-4-2-3-5-11(10)21(14)16/h2-8,14H,1H3,(H3,17,18,19,20)/t14-/m0/s1. The minimum absolute atomic E-state index is 0.127. The molecule has 1 aromatic heterocycles. The van der Waals surface area contributed by atoms with Crippen LogP contribution in [-0.4, -0.2) is 27.5 Å². The predicted octanol–water partition coefficient (Wildman–Crippen LogP) is 2.24. The largest absolute Gasteiger partial charge is 0.490 e. The van der Waals surface area contributed by atoms with E-state index in [4.69, 9.17) is 10.5 Å². The number of hydrogen-bond acceptors (Lipinski definition) is 7. The molecule has 25 heavy (non-hydrogen) atoms. The van der Waals surface area contributed by atoms with Gasteiger partial charge in [-0.1, -0.05) is 18.2 Å². The number of nitrogens with two attached hydrogens (primary N) is 1. The quantitative estimate of drug-likeness (QED) is 0.558. The number of imidazole rings is 1. The van der Waals surface area contributed by atoms with Crippen molar-refractivity contribution in [3.8, 4) is 5.75 Å². The molecule has 0 radical (unpaired) electrons. The Bertz CT molecular complexity index is 1030. The second-order valence-corrected chi connectivity index (χ2v) is 5.50. The summed E-state index contributed by atoms with van der Waals surface area (Å²) in [5, 5.41) is 14.3. The van der Waals surface area contributed by atoms with E-state index in [0.29, 0.717) is 11.5 Å². The average Bonchev–Trinajstić information content (AvgIpc) is 2.98. The zero-order valence-corrected chi connectivity index (χ0v) is 13.2. The van der Waals surface area contributed by atoms with Gasteiger partial charge in [0.2, 0.25) is 5.95 Å². The Balaban J connectivity index is 1.92. The Kier molecular flexibility index (Phi) is 3.27. The smallest absolute Gasteiger partial charge is 0.311 e. The van der Waals surface area contributed by atoms with Crippen LogP contribution in [0.2, 0.25) is 0 Å². The Labute approximate surface area is 141 Å². The number of rotatable bonds is 3. The molecule has 126 valence electrons. The summed E-state index contributed by atoms with van der Waals surface area (Å²) >= 11 is 0. The van der Waals surface area contributed by atoms with E-state index in [2.05, 4.69) is 15.3 Å². The van der Waals surface area contributed by atoms with E-state index in [1.54, 1.807) is 12.1 Å². The fraction of sp³-hybridized carbons (Fsp3) is 0.125. The zero-order chi connectivity index (χ0) is 17.6. The van der Waals surface area contributed by atoms with E-state index in [1.807, 2.05) is 28.8 Å². The number of nitrogens with zero attached hydrogens (tertiary/aromatic N) is 4. The minimum atomic E-state index is -0.562. The zero-order valence-electron chi connectivity index (χ0n) is 13.2. The van der Waals surface area contributed by atoms with Crippen LogP contribution >= 0.6 is 0 Å². The monoisotopic (exact) mass is 338 g/mol. The second-order valence-electron chi connectivity index (χ2n) is 5.50. The molecule has 3 aromatic rings. The molecule has 0 saturated heterocycles. The lowest BCUT2D eigenvalue weighted by Crippen LogP contribution is -2.31. The minimum Gasteiger partial charge on any atom is -0.490 e. The first-order valence-electron chi connectivity index (χ1n) is 7.48. The van der Waals surface area contributed by atoms with Crippen LogP contribution in [0.3, 0.4) is 0 Å². The number of aliphatic imine (C=N–C) groups is 1. The van der Waals surface area contributed by atoms with Crippen LogP contribution in [0.1, 0.15) is 11.7 Å². The van der Waals surface area contributed by atoms with Gasteiger partial charge in [-0.05, 0) is 18.2 Å². The lowest BCUT2D eigenvalue weighted by Gasteiger charge is -2.23. The highest BCUT2D eigenvalue weighted by Gasteiger charge is 2.27. The predicted molar refractivity (Wildman–Crippen MR) is 92.8 cm³/mol. The topological polar surface area (TPSA) is 121 Å². The van der Waals surface area contributed by atoms with E-state index >= 15 is 0 Å². The maximum absolute atomic E-state index is 11.3. The van der Waals surface area contributed by atoms with Crippen molar-refractivity contribution in [2.45, 2.75) is 6.17 Å². The van der Waals surface area contributed by atoms with Crippen molar-refractivity contribution in [2.24, 2.45) is 10.7 Å². The van der Waals surface area contributed by atoms with Crippen LogP contribution in [0.25, 0.3) is 11.0 Å². The number of nitrogens with one attached hydrogen (secondary N) is 1. The average molecular weight is 338 g/mol. The molecule has 0 fully saturated rings. The molecule has 0 spiro atoms. The van der Waals surface area contributed by atoms with E-state index in [0.717, 1.165) is 11.0 Å². The van der Waals surface area contributed by atoms with Crippen LogP contribution in [0.4, 0.5) is 11.6 Å². The van der Waals surface area contributed by atoms with Gasteiger partial charge < -0.3 is 10.5 Å². The first kappa shape index (κ1) is 14.9. The third-order valence-electron chi connectivity index (χ3n) is 4.04. The van der Waals surface area contributed by atoms with Gasteiger partial charge in [0, 0.05) is 11.6 Å². The van der Waals surface area contributed by atoms with Gasteiger partial charge in [-0.2, -0.15) is 0 Å². The Hall–Kier alpha value is -3.62. The molecule has 1 atom stereocenters. The van der Waals surface area contributed by atoms with E-state index in [1.165, 1.54) is 13.2 Å². The van der Waals surface area contributed by atoms with Crippen molar-refractivity contribution < 1.29 is 9.66 Å². The summed E-state index contributed by atoms with van der Waals surface area (Å²) in [6.07, 6.45) is -0.562. The highest BCUT2D eigenvalue weighted by atomic mass is 16.6. The number of anilines is 1. The number of methoxy groups -OCH3 is 1. The summed E-state index contributed by atoms with van der Waals surface area (Å²) in [6.45, 7) is 0. The van der Waals surface area contributed by atoms with Crippen LogP contribution in [0.5, 0.6) is 5.75 Å². The van der Waals surface area contributed by atoms with Gasteiger partial charge in [-0.15, -0.1) is 0 Å². The van der Waals surface area contributed by atoms with Crippen molar-refractivity contribution in [3.63, 3.8) is 0 Å². The fourth-order valence-electron chi connectivity index (χ4n) is 2.95. The number of fused-ring (bicyclic) bond motifs is 3. The third-order valence-corrected chi connectivity index (χ3v) is 4.04. The highest BCUT2D eigenvalue weighted by Crippen LogP contribution is 2.36. The van der Waals surface area contributed by atoms with Gasteiger partial charge in [-0.3, -0.25) is 20.0 Å². The molecule has 9 heteroatoms. The van der Waals surface area contributed by atoms with Crippen LogP contribution in [0.15, 0.2) is 47.5 Å². The molecular weight excluding hydrogens is 324 g/mol. The summed E-state index contributed by atoms with van der Waals surface area (Å²) in [4.78, 5) is 19.8. The lowest BCUT2D eigenvalue weighted by atomic mass is 10.1. The number of guanidine groups is 1. The molecule has 1 aliphatic heterocycles. The van der Waals surface area contributed by atoms with Crippen LogP contribution in [0, 0.1) is 10.1 Å². The number of hydrogen-bond donors (Lipinski definition) is 2. The molecule has 2 heterocycles. The summed E-state index contributed by atoms with van der Waals surface area (Å²) in [6, 6.07) is 12.3. The van der Waals surface area contributed by atoms with Gasteiger partial charge in [0.1, 0.15) is 0 Å². The lowest BCUT2D eigenvalue weighted by molar-refractivity contribution is -0.385. The maximum atomic E-state index is 11.3. The van der Waals surface area contributed by atoms with Crippen molar-refractivity contribution >= 4 is 28.6 Å². The summed E-state index contributed by atoms with van der Waals surface area (Å²) in [5.41, 5.74) is 8.00. The van der Waals surface area contributed by atoms with E-state index in [-0.39, 0.29) is 17.4 Å². The SMILES string of the molecule is COc1ccc([C@H]2N=C(N)Nc3nc4ccccc4n32)cc1[N+](=O)[O-]. The molecular formula is C16H14N6O3. The summed E-state index contributed by atoms with van der Waals surface area (Å²) in [5.74, 6) is 0.929. The van der Waals surface area contributed by atoms with Gasteiger partial charge >= 0.3 is 5.69 Å². The number of para-hydroxylation sites is 2. The Morgan fingerprint density at radius 3 is 2.88 bits per heavy atom. The molecule has 9 nitrogen and oxygen atoms in total. The van der Waals surface area contributed by atoms with Crippen molar-refractivity contribution in [3.05, 3.63) is 58.1 Å². The first-order valence-corrected chi connectivity index (χ1v) is 7.48. The molecule has 0 unspecified atom stereocenters. The van der Waals surface area contributed by atoms with Crippen LogP contribution < -0.4 is 15.8 Å². The molecule has 0 saturated carbocycles. The van der Waals surface area contributed by atoms with Gasteiger partial charge in [0.15, 0.2) is 17.9 Å². The number of nitro groups is 1. The summed E-state index contributed by atoms with van der Waals surface area (Å²) in [7, 11) is 1.39. The van der Waals surface area contributed by atoms with Crippen molar-refractivity contribution in [1.82, 2.24) is 9.55 Å². The molecule has 0 aliphatic carbocycles. The van der Waals surface area contributed by atoms with Gasteiger partial charge in [0.05, 0.1) is 23.1 Å². The number of ether oxygens (including phenoxy) is 1. The van der Waals surface area contributed by atoms with Crippen molar-refractivity contribution in [1.29, 1.82) is 0 Å². The number of aromatic nitrogens is 2. The van der Waals surface area contributed by atoms with E-state index < -0.39 is 11.1 Å². The fourth-order valence-corrected chi connectivity index (χ4v) is 2.95. The number of benzene rings is 2. The molecule has 3 N–H and O–H groups in total.